The van der Waals surface area contributed by atoms with Crippen molar-refractivity contribution in [1.29, 1.82) is 0 Å². The fourth-order valence-electron chi connectivity index (χ4n) is 2.47. The van der Waals surface area contributed by atoms with Crippen LogP contribution >= 0.6 is 11.8 Å². The average molecular weight is 390 g/mol. The summed E-state index contributed by atoms with van der Waals surface area (Å²) >= 11 is 1.36. The number of thioether (sulfide) groups is 1. The molecule has 27 heavy (non-hydrogen) atoms. The summed E-state index contributed by atoms with van der Waals surface area (Å²) in [5.41, 5.74) is 7.15. The molecule has 1 heterocycles. The zero-order valence-electron chi connectivity index (χ0n) is 16.2. The van der Waals surface area contributed by atoms with Crippen LogP contribution in [-0.4, -0.2) is 31.8 Å². The van der Waals surface area contributed by atoms with Gasteiger partial charge in [0.1, 0.15) is 5.82 Å². The number of nitrogens with two attached hydrogens (primary N) is 1. The molecule has 0 bridgehead atoms. The molecule has 1 atom stereocenters. The van der Waals surface area contributed by atoms with Crippen molar-refractivity contribution in [1.82, 2.24) is 14.8 Å². The summed E-state index contributed by atoms with van der Waals surface area (Å²) in [6, 6.07) is 7.68. The number of hydrogen-bond acceptors (Lipinski definition) is 5. The first-order valence-electron chi connectivity index (χ1n) is 9.00. The third-order valence-corrected chi connectivity index (χ3v) is 4.99. The molecule has 2 rings (SSSR count). The van der Waals surface area contributed by atoms with Gasteiger partial charge in [-0.15, -0.1) is 10.2 Å². The maximum absolute atomic E-state index is 12.5. The minimum Gasteiger partial charge on any atom is -0.370 e. The Morgan fingerprint density at radius 2 is 1.85 bits per heavy atom. The zero-order valence-corrected chi connectivity index (χ0v) is 17.0. The number of amides is 2. The lowest BCUT2D eigenvalue weighted by atomic mass is 10.2. The van der Waals surface area contributed by atoms with E-state index >= 15 is 0 Å². The molecule has 1 aromatic heterocycles. The zero-order chi connectivity index (χ0) is 20.0. The van der Waals surface area contributed by atoms with E-state index in [2.05, 4.69) is 29.4 Å². The van der Waals surface area contributed by atoms with Crippen LogP contribution in [0.5, 0.6) is 0 Å². The normalized spacial score (nSPS) is 12.2. The third kappa shape index (κ3) is 6.39. The number of primary amides is 1. The van der Waals surface area contributed by atoms with Crippen molar-refractivity contribution in [3.05, 3.63) is 35.7 Å². The lowest BCUT2D eigenvalue weighted by Gasteiger charge is -2.15. The topological polar surface area (TPSA) is 103 Å². The first kappa shape index (κ1) is 21.0. The molecule has 2 aromatic rings. The van der Waals surface area contributed by atoms with E-state index in [1.165, 1.54) is 11.8 Å². The Kier molecular flexibility index (Phi) is 7.41. The standard InChI is InChI=1S/C19H27N5O2S/c1-12(2)11-24-17(10-9-16(20)25)22-23-19(24)27-14(4)18(26)21-15-7-5-13(3)6-8-15/h5-8,12,14H,9-11H2,1-4H3,(H2,20,25)(H,21,26)/t14-/m1/s1. The van der Waals surface area contributed by atoms with Gasteiger partial charge in [-0.1, -0.05) is 43.3 Å². The predicted molar refractivity (Wildman–Crippen MR) is 108 cm³/mol. The van der Waals surface area contributed by atoms with Crippen LogP contribution in [0.3, 0.4) is 0 Å². The molecule has 8 heteroatoms. The van der Waals surface area contributed by atoms with Crippen molar-refractivity contribution < 1.29 is 9.59 Å². The Morgan fingerprint density at radius 1 is 1.19 bits per heavy atom. The monoisotopic (exact) mass is 389 g/mol. The van der Waals surface area contributed by atoms with Crippen LogP contribution in [0.4, 0.5) is 5.69 Å². The average Bonchev–Trinajstić information content (AvgIpc) is 2.96. The molecule has 1 aromatic carbocycles. The first-order valence-corrected chi connectivity index (χ1v) is 9.88. The molecule has 0 aliphatic rings. The summed E-state index contributed by atoms with van der Waals surface area (Å²) in [6.07, 6.45) is 0.671. The van der Waals surface area contributed by atoms with Gasteiger partial charge in [0.05, 0.1) is 5.25 Å². The van der Waals surface area contributed by atoms with Crippen LogP contribution in [-0.2, 0) is 22.6 Å². The smallest absolute Gasteiger partial charge is 0.237 e. The lowest BCUT2D eigenvalue weighted by Crippen LogP contribution is -2.23. The van der Waals surface area contributed by atoms with Crippen LogP contribution in [0, 0.1) is 12.8 Å². The summed E-state index contributed by atoms with van der Waals surface area (Å²) in [5.74, 6) is 0.635. The van der Waals surface area contributed by atoms with Crippen LogP contribution in [0.15, 0.2) is 29.4 Å². The maximum atomic E-state index is 12.5. The Hall–Kier alpha value is -2.35. The van der Waals surface area contributed by atoms with Gasteiger partial charge in [0.2, 0.25) is 11.8 Å². The summed E-state index contributed by atoms with van der Waals surface area (Å²) in [5, 5.41) is 11.7. The number of carbonyl (C=O) groups is 2. The summed E-state index contributed by atoms with van der Waals surface area (Å²) < 4.78 is 1.98. The third-order valence-electron chi connectivity index (χ3n) is 3.91. The summed E-state index contributed by atoms with van der Waals surface area (Å²) in [6.45, 7) is 8.75. The van der Waals surface area contributed by atoms with Gasteiger partial charge in [0.25, 0.3) is 0 Å². The lowest BCUT2D eigenvalue weighted by molar-refractivity contribution is -0.118. The van der Waals surface area contributed by atoms with Gasteiger partial charge in [-0.3, -0.25) is 9.59 Å². The van der Waals surface area contributed by atoms with Gasteiger partial charge in [-0.2, -0.15) is 0 Å². The number of anilines is 1. The largest absolute Gasteiger partial charge is 0.370 e. The van der Waals surface area contributed by atoms with Crippen molar-refractivity contribution in [2.45, 2.75) is 57.5 Å². The van der Waals surface area contributed by atoms with E-state index in [1.54, 1.807) is 0 Å². The summed E-state index contributed by atoms with van der Waals surface area (Å²) in [7, 11) is 0. The summed E-state index contributed by atoms with van der Waals surface area (Å²) in [4.78, 5) is 23.6. The molecule has 0 saturated carbocycles. The number of nitrogens with zero attached hydrogens (tertiary/aromatic N) is 3. The quantitative estimate of drug-likeness (QED) is 0.642. The number of aryl methyl sites for hydroxylation is 2. The van der Waals surface area contributed by atoms with Gasteiger partial charge in [0.15, 0.2) is 5.16 Å². The highest BCUT2D eigenvalue weighted by Gasteiger charge is 2.21. The molecule has 0 saturated heterocycles. The molecule has 2 amide bonds. The van der Waals surface area contributed by atoms with E-state index in [-0.39, 0.29) is 23.5 Å². The molecular weight excluding hydrogens is 362 g/mol. The Morgan fingerprint density at radius 3 is 2.44 bits per heavy atom. The van der Waals surface area contributed by atoms with Gasteiger partial charge in [0, 0.05) is 25.1 Å². The van der Waals surface area contributed by atoms with Crippen LogP contribution in [0.25, 0.3) is 0 Å². The first-order chi connectivity index (χ1) is 12.8. The van der Waals surface area contributed by atoms with Crippen LogP contribution < -0.4 is 11.1 Å². The van der Waals surface area contributed by atoms with E-state index in [0.29, 0.717) is 17.5 Å². The number of rotatable bonds is 9. The fourth-order valence-corrected chi connectivity index (χ4v) is 3.34. The second-order valence-electron chi connectivity index (χ2n) is 6.98. The minimum atomic E-state index is -0.367. The van der Waals surface area contributed by atoms with Gasteiger partial charge >= 0.3 is 0 Å². The van der Waals surface area contributed by atoms with Crippen LogP contribution in [0.2, 0.25) is 0 Å². The molecule has 0 radical (unpaired) electrons. The highest BCUT2D eigenvalue weighted by molar-refractivity contribution is 8.00. The molecule has 0 spiro atoms. The van der Waals surface area contributed by atoms with Crippen molar-refractivity contribution in [2.24, 2.45) is 11.7 Å². The van der Waals surface area contributed by atoms with E-state index in [4.69, 9.17) is 5.73 Å². The van der Waals surface area contributed by atoms with Crippen LogP contribution in [0.1, 0.15) is 38.6 Å². The SMILES string of the molecule is Cc1ccc(NC(=O)[C@@H](C)Sc2nnc(CCC(N)=O)n2CC(C)C)cc1. The number of aromatic nitrogens is 3. The second-order valence-corrected chi connectivity index (χ2v) is 8.29. The maximum Gasteiger partial charge on any atom is 0.237 e. The predicted octanol–water partition coefficient (Wildman–Crippen LogP) is 2.78. The molecule has 146 valence electrons. The van der Waals surface area contributed by atoms with Crippen molar-refractivity contribution in [3.8, 4) is 0 Å². The van der Waals surface area contributed by atoms with Gasteiger partial charge < -0.3 is 15.6 Å². The number of hydrogen-bond donors (Lipinski definition) is 2. The van der Waals surface area contributed by atoms with Crippen molar-refractivity contribution in [3.63, 3.8) is 0 Å². The highest BCUT2D eigenvalue weighted by Crippen LogP contribution is 2.25. The Balaban J connectivity index is 2.08. The molecule has 3 N–H and O–H groups in total. The molecule has 7 nitrogen and oxygen atoms in total. The molecule has 0 aliphatic carbocycles. The van der Waals surface area contributed by atoms with E-state index in [1.807, 2.05) is 42.7 Å². The fraction of sp³-hybridized carbons (Fsp3) is 0.474. The number of benzene rings is 1. The second kappa shape index (κ2) is 9.55. The van der Waals surface area contributed by atoms with Gasteiger partial charge in [-0.25, -0.2) is 0 Å². The molecular formula is C19H27N5O2S. The Labute approximate surface area is 164 Å². The van der Waals surface area contributed by atoms with E-state index in [9.17, 15) is 9.59 Å². The Bertz CT molecular complexity index is 786. The minimum absolute atomic E-state index is 0.0957. The van der Waals surface area contributed by atoms with E-state index in [0.717, 1.165) is 23.6 Å². The van der Waals surface area contributed by atoms with Crippen molar-refractivity contribution >= 4 is 29.3 Å². The highest BCUT2D eigenvalue weighted by atomic mass is 32.2. The molecule has 0 aliphatic heterocycles. The van der Waals surface area contributed by atoms with Crippen molar-refractivity contribution in [2.75, 3.05) is 5.32 Å². The van der Waals surface area contributed by atoms with Gasteiger partial charge in [-0.05, 0) is 31.9 Å². The molecule has 0 fully saturated rings. The number of nitrogens with one attached hydrogen (secondary N) is 1. The molecule has 0 unspecified atom stereocenters. The number of carbonyl (C=O) groups excluding carboxylic acids is 2. The van der Waals surface area contributed by atoms with E-state index < -0.39 is 0 Å².